The molecule has 1 aromatic heterocycles. The molecule has 1 aliphatic carbocycles. The fourth-order valence-corrected chi connectivity index (χ4v) is 3.24. The summed E-state index contributed by atoms with van der Waals surface area (Å²) < 4.78 is 5.12. The Hall–Kier alpha value is -0.910. The number of carbonyl (C=O) groups excluding carboxylic acids is 1. The summed E-state index contributed by atoms with van der Waals surface area (Å²) in [6, 6.07) is 2.03. The number of rotatable bonds is 7. The molecular formula is C13H19NO3S. The third-order valence-corrected chi connectivity index (χ3v) is 4.19. The number of aliphatic hydroxyl groups excluding tert-OH is 1. The zero-order valence-corrected chi connectivity index (χ0v) is 11.2. The lowest BCUT2D eigenvalue weighted by atomic mass is 10.2. The van der Waals surface area contributed by atoms with Crippen molar-refractivity contribution in [2.45, 2.75) is 25.7 Å². The molecule has 1 aromatic rings. The first-order valence-corrected chi connectivity index (χ1v) is 7.21. The van der Waals surface area contributed by atoms with Crippen LogP contribution in [0.5, 0.6) is 0 Å². The van der Waals surface area contributed by atoms with Crippen molar-refractivity contribution in [1.29, 1.82) is 0 Å². The van der Waals surface area contributed by atoms with Crippen LogP contribution in [-0.2, 0) is 17.6 Å². The van der Waals surface area contributed by atoms with Crippen LogP contribution < -0.4 is 5.32 Å². The third-order valence-electron chi connectivity index (χ3n) is 2.96. The topological polar surface area (TPSA) is 58.6 Å². The van der Waals surface area contributed by atoms with Crippen LogP contribution in [0.15, 0.2) is 6.07 Å². The average molecular weight is 269 g/mol. The molecular weight excluding hydrogens is 250 g/mol. The summed E-state index contributed by atoms with van der Waals surface area (Å²) in [6.45, 7) is 1.60. The highest BCUT2D eigenvalue weighted by Gasteiger charge is 2.17. The Labute approximate surface area is 111 Å². The second-order valence-electron chi connectivity index (χ2n) is 4.36. The summed E-state index contributed by atoms with van der Waals surface area (Å²) in [4.78, 5) is 14.1. The molecule has 18 heavy (non-hydrogen) atoms. The highest BCUT2D eigenvalue weighted by Crippen LogP contribution is 2.30. The molecule has 1 heterocycles. The Balaban J connectivity index is 1.68. The molecule has 2 N–H and O–H groups in total. The van der Waals surface area contributed by atoms with Crippen LogP contribution in [0.25, 0.3) is 0 Å². The number of nitrogens with one attached hydrogen (secondary N) is 1. The number of hydrogen-bond acceptors (Lipinski definition) is 4. The van der Waals surface area contributed by atoms with Gasteiger partial charge in [0.1, 0.15) is 0 Å². The van der Waals surface area contributed by atoms with Gasteiger partial charge in [-0.2, -0.15) is 0 Å². The standard InChI is InChI=1S/C13H19NO3S/c15-6-8-17-7-2-5-14-13(16)12-9-10-3-1-4-11(10)18-12/h9,15H,1-8H2,(H,14,16). The second kappa shape index (κ2) is 6.87. The molecule has 100 valence electrons. The summed E-state index contributed by atoms with van der Waals surface area (Å²) in [7, 11) is 0. The maximum absolute atomic E-state index is 11.9. The Morgan fingerprint density at radius 1 is 1.44 bits per heavy atom. The number of hydrogen-bond donors (Lipinski definition) is 2. The van der Waals surface area contributed by atoms with Crippen LogP contribution >= 0.6 is 11.3 Å². The van der Waals surface area contributed by atoms with Gasteiger partial charge in [-0.1, -0.05) is 0 Å². The normalized spacial score (nSPS) is 13.6. The van der Waals surface area contributed by atoms with Crippen molar-refractivity contribution in [2.24, 2.45) is 0 Å². The second-order valence-corrected chi connectivity index (χ2v) is 5.49. The van der Waals surface area contributed by atoms with Crippen molar-refractivity contribution in [3.63, 3.8) is 0 Å². The van der Waals surface area contributed by atoms with Crippen LogP contribution in [0, 0.1) is 0 Å². The molecule has 2 rings (SSSR count). The number of thiophene rings is 1. The van der Waals surface area contributed by atoms with Gasteiger partial charge in [-0.25, -0.2) is 0 Å². The zero-order valence-electron chi connectivity index (χ0n) is 10.4. The molecule has 4 nitrogen and oxygen atoms in total. The van der Waals surface area contributed by atoms with Crippen molar-refractivity contribution in [3.8, 4) is 0 Å². The van der Waals surface area contributed by atoms with Gasteiger partial charge in [0, 0.05) is 18.0 Å². The Morgan fingerprint density at radius 2 is 2.33 bits per heavy atom. The molecule has 0 bridgehead atoms. The quantitative estimate of drug-likeness (QED) is 0.735. The van der Waals surface area contributed by atoms with Gasteiger partial charge in [-0.15, -0.1) is 11.3 Å². The summed E-state index contributed by atoms with van der Waals surface area (Å²) in [5.74, 6) is 0.0246. The van der Waals surface area contributed by atoms with Gasteiger partial charge in [0.25, 0.3) is 5.91 Å². The Kier molecular flexibility index (Phi) is 5.16. The first-order chi connectivity index (χ1) is 8.81. The van der Waals surface area contributed by atoms with Crippen molar-refractivity contribution in [3.05, 3.63) is 21.4 Å². The van der Waals surface area contributed by atoms with Gasteiger partial charge < -0.3 is 15.2 Å². The maximum Gasteiger partial charge on any atom is 0.261 e. The predicted molar refractivity (Wildman–Crippen MR) is 71.2 cm³/mol. The predicted octanol–water partition coefficient (Wildman–Crippen LogP) is 1.37. The number of ether oxygens (including phenoxy) is 1. The van der Waals surface area contributed by atoms with E-state index < -0.39 is 0 Å². The minimum absolute atomic E-state index is 0.0246. The molecule has 0 fully saturated rings. The van der Waals surface area contributed by atoms with E-state index in [-0.39, 0.29) is 12.5 Å². The molecule has 1 aliphatic rings. The van der Waals surface area contributed by atoms with Gasteiger partial charge in [-0.05, 0) is 37.3 Å². The maximum atomic E-state index is 11.9. The van der Waals surface area contributed by atoms with E-state index in [9.17, 15) is 4.79 Å². The molecule has 1 amide bonds. The van der Waals surface area contributed by atoms with E-state index in [1.807, 2.05) is 6.07 Å². The monoisotopic (exact) mass is 269 g/mol. The molecule has 0 radical (unpaired) electrons. The van der Waals surface area contributed by atoms with Gasteiger partial charge in [0.2, 0.25) is 0 Å². The van der Waals surface area contributed by atoms with Crippen molar-refractivity contribution in [1.82, 2.24) is 5.32 Å². The minimum atomic E-state index is 0.0246. The number of fused-ring (bicyclic) bond motifs is 1. The van der Waals surface area contributed by atoms with Crippen LogP contribution in [-0.4, -0.2) is 37.4 Å². The fraction of sp³-hybridized carbons (Fsp3) is 0.615. The molecule has 0 saturated heterocycles. The third kappa shape index (κ3) is 3.54. The van der Waals surface area contributed by atoms with E-state index in [1.165, 1.54) is 16.9 Å². The largest absolute Gasteiger partial charge is 0.394 e. The highest BCUT2D eigenvalue weighted by molar-refractivity contribution is 7.14. The van der Waals surface area contributed by atoms with Crippen LogP contribution in [0.1, 0.15) is 33.0 Å². The van der Waals surface area contributed by atoms with E-state index in [1.54, 1.807) is 11.3 Å². The van der Waals surface area contributed by atoms with Gasteiger partial charge in [0.15, 0.2) is 0 Å². The average Bonchev–Trinajstić information content (AvgIpc) is 2.93. The first kappa shape index (κ1) is 13.5. The van der Waals surface area contributed by atoms with E-state index in [2.05, 4.69) is 5.32 Å². The lowest BCUT2D eigenvalue weighted by molar-refractivity contribution is 0.0869. The number of amides is 1. The number of aryl methyl sites for hydroxylation is 2. The summed E-state index contributed by atoms with van der Waals surface area (Å²) in [6.07, 6.45) is 4.25. The highest BCUT2D eigenvalue weighted by atomic mass is 32.1. The molecule has 0 unspecified atom stereocenters. The van der Waals surface area contributed by atoms with E-state index in [0.717, 1.165) is 24.1 Å². The van der Waals surface area contributed by atoms with Gasteiger partial charge >= 0.3 is 0 Å². The minimum Gasteiger partial charge on any atom is -0.394 e. The van der Waals surface area contributed by atoms with Crippen LogP contribution in [0.4, 0.5) is 0 Å². The summed E-state index contributed by atoms with van der Waals surface area (Å²) >= 11 is 1.63. The smallest absolute Gasteiger partial charge is 0.261 e. The molecule has 5 heteroatoms. The van der Waals surface area contributed by atoms with E-state index in [4.69, 9.17) is 9.84 Å². The van der Waals surface area contributed by atoms with Gasteiger partial charge in [-0.3, -0.25) is 4.79 Å². The summed E-state index contributed by atoms with van der Waals surface area (Å²) in [5.41, 5.74) is 1.36. The lowest BCUT2D eigenvalue weighted by Crippen LogP contribution is -2.24. The summed E-state index contributed by atoms with van der Waals surface area (Å²) in [5, 5.41) is 11.4. The number of aliphatic hydroxyl groups is 1. The molecule has 0 spiro atoms. The van der Waals surface area contributed by atoms with Crippen molar-refractivity contribution < 1.29 is 14.6 Å². The van der Waals surface area contributed by atoms with Gasteiger partial charge in [0.05, 0.1) is 18.1 Å². The van der Waals surface area contributed by atoms with E-state index in [0.29, 0.717) is 19.8 Å². The molecule has 0 aliphatic heterocycles. The molecule has 0 aromatic carbocycles. The zero-order chi connectivity index (χ0) is 12.8. The molecule has 0 atom stereocenters. The fourth-order valence-electron chi connectivity index (χ4n) is 2.07. The number of carbonyl (C=O) groups is 1. The lowest BCUT2D eigenvalue weighted by Gasteiger charge is -2.04. The first-order valence-electron chi connectivity index (χ1n) is 6.39. The SMILES string of the molecule is O=C(NCCCOCCO)c1cc2c(s1)CCC2. The van der Waals surface area contributed by atoms with Crippen LogP contribution in [0.3, 0.4) is 0 Å². The van der Waals surface area contributed by atoms with Crippen molar-refractivity contribution >= 4 is 17.2 Å². The van der Waals surface area contributed by atoms with Crippen molar-refractivity contribution in [2.75, 3.05) is 26.4 Å². The van der Waals surface area contributed by atoms with Crippen LogP contribution in [0.2, 0.25) is 0 Å². The van der Waals surface area contributed by atoms with E-state index >= 15 is 0 Å². The Morgan fingerprint density at radius 3 is 3.11 bits per heavy atom. The molecule has 0 saturated carbocycles. The Bertz CT molecular complexity index is 381.